The Balaban J connectivity index is 2.22. The van der Waals surface area contributed by atoms with Gasteiger partial charge in [0.25, 0.3) is 0 Å². The fourth-order valence-electron chi connectivity index (χ4n) is 3.65. The molecule has 1 aliphatic rings. The lowest BCUT2D eigenvalue weighted by Crippen LogP contribution is -2.63. The zero-order valence-corrected chi connectivity index (χ0v) is 14.5. The van der Waals surface area contributed by atoms with Gasteiger partial charge in [0.1, 0.15) is 0 Å². The van der Waals surface area contributed by atoms with Crippen LogP contribution in [0.3, 0.4) is 0 Å². The molecule has 1 fully saturated rings. The molecule has 1 aliphatic heterocycles. The van der Waals surface area contributed by atoms with E-state index in [1.807, 2.05) is 0 Å². The summed E-state index contributed by atoms with van der Waals surface area (Å²) in [5, 5.41) is 3.84. The summed E-state index contributed by atoms with van der Waals surface area (Å²) in [6.45, 7) is 14.8. The van der Waals surface area contributed by atoms with Crippen LogP contribution in [0.15, 0.2) is 18.2 Å². The molecule has 1 N–H and O–H groups in total. The maximum Gasteiger partial charge on any atom is 0.0304 e. The molecule has 0 aliphatic carbocycles. The first-order valence-corrected chi connectivity index (χ1v) is 8.59. The van der Waals surface area contributed by atoms with Gasteiger partial charge in [-0.15, -0.1) is 0 Å². The average molecular weight is 288 g/mol. The average Bonchev–Trinajstić information content (AvgIpc) is 2.51. The van der Waals surface area contributed by atoms with E-state index in [0.717, 1.165) is 13.1 Å². The Labute approximate surface area is 130 Å². The second kappa shape index (κ2) is 6.93. The molecule has 2 nitrogen and oxygen atoms in total. The van der Waals surface area contributed by atoms with Gasteiger partial charge in [0.2, 0.25) is 0 Å². The molecule has 0 bridgehead atoms. The predicted octanol–water partition coefficient (Wildman–Crippen LogP) is 4.05. The lowest BCUT2D eigenvalue weighted by molar-refractivity contribution is 0.0640. The quantitative estimate of drug-likeness (QED) is 0.879. The first-order chi connectivity index (χ1) is 10.0. The standard InChI is InChI=1S/C19H32N2/c1-6-17-12-20-19(7-2,8-3)14-21(17)13-18-15(4)10-9-11-16(18)5/h9-11,17,20H,6-8,12-14H2,1-5H3. The number of piperazine rings is 1. The lowest BCUT2D eigenvalue weighted by atomic mass is 9.87. The van der Waals surface area contributed by atoms with Crippen molar-refractivity contribution in [2.24, 2.45) is 0 Å². The molecule has 1 aromatic carbocycles. The van der Waals surface area contributed by atoms with Crippen LogP contribution in [0.25, 0.3) is 0 Å². The van der Waals surface area contributed by atoms with Crippen LogP contribution in [-0.2, 0) is 6.54 Å². The van der Waals surface area contributed by atoms with Crippen molar-refractivity contribution in [2.75, 3.05) is 13.1 Å². The van der Waals surface area contributed by atoms with Crippen LogP contribution in [0.1, 0.15) is 56.7 Å². The summed E-state index contributed by atoms with van der Waals surface area (Å²) >= 11 is 0. The summed E-state index contributed by atoms with van der Waals surface area (Å²) in [7, 11) is 0. The largest absolute Gasteiger partial charge is 0.308 e. The maximum atomic E-state index is 3.84. The highest BCUT2D eigenvalue weighted by atomic mass is 15.3. The van der Waals surface area contributed by atoms with Crippen LogP contribution in [0.2, 0.25) is 0 Å². The third-order valence-corrected chi connectivity index (χ3v) is 5.57. The molecule has 1 saturated heterocycles. The van der Waals surface area contributed by atoms with Crippen molar-refractivity contribution in [1.82, 2.24) is 10.2 Å². The second-order valence-corrected chi connectivity index (χ2v) is 6.71. The monoisotopic (exact) mass is 288 g/mol. The van der Waals surface area contributed by atoms with Crippen molar-refractivity contribution in [3.05, 3.63) is 34.9 Å². The zero-order valence-electron chi connectivity index (χ0n) is 14.5. The minimum atomic E-state index is 0.308. The van der Waals surface area contributed by atoms with Gasteiger partial charge in [0.05, 0.1) is 0 Å². The molecule has 2 rings (SSSR count). The van der Waals surface area contributed by atoms with E-state index in [-0.39, 0.29) is 0 Å². The van der Waals surface area contributed by atoms with Crippen LogP contribution < -0.4 is 5.32 Å². The molecule has 0 saturated carbocycles. The SMILES string of the molecule is CCC1CNC(CC)(CC)CN1Cc1c(C)cccc1C. The topological polar surface area (TPSA) is 15.3 Å². The van der Waals surface area contributed by atoms with Crippen LogP contribution in [-0.4, -0.2) is 29.6 Å². The van der Waals surface area contributed by atoms with Gasteiger partial charge < -0.3 is 5.32 Å². The Kier molecular flexibility index (Phi) is 5.45. The molecule has 0 spiro atoms. The van der Waals surface area contributed by atoms with Gasteiger partial charge in [-0.25, -0.2) is 0 Å². The van der Waals surface area contributed by atoms with Crippen LogP contribution in [0.5, 0.6) is 0 Å². The van der Waals surface area contributed by atoms with Gasteiger partial charge in [0.15, 0.2) is 0 Å². The fraction of sp³-hybridized carbons (Fsp3) is 0.684. The fourth-order valence-corrected chi connectivity index (χ4v) is 3.65. The van der Waals surface area contributed by atoms with E-state index in [4.69, 9.17) is 0 Å². The van der Waals surface area contributed by atoms with Crippen molar-refractivity contribution in [1.29, 1.82) is 0 Å². The molecular formula is C19H32N2. The first kappa shape index (κ1) is 16.5. The summed E-state index contributed by atoms with van der Waals surface area (Å²) in [5.74, 6) is 0. The van der Waals surface area contributed by atoms with Gasteiger partial charge in [-0.05, 0) is 49.8 Å². The van der Waals surface area contributed by atoms with Crippen LogP contribution in [0.4, 0.5) is 0 Å². The third-order valence-electron chi connectivity index (χ3n) is 5.57. The molecule has 0 amide bonds. The second-order valence-electron chi connectivity index (χ2n) is 6.71. The highest BCUT2D eigenvalue weighted by Crippen LogP contribution is 2.26. The summed E-state index contributed by atoms with van der Waals surface area (Å²) in [5.41, 5.74) is 4.70. The highest BCUT2D eigenvalue weighted by molar-refractivity contribution is 5.33. The van der Waals surface area contributed by atoms with Crippen molar-refractivity contribution >= 4 is 0 Å². The minimum absolute atomic E-state index is 0.308. The number of nitrogens with zero attached hydrogens (tertiary/aromatic N) is 1. The van der Waals surface area contributed by atoms with Crippen molar-refractivity contribution in [2.45, 2.75) is 72.0 Å². The van der Waals surface area contributed by atoms with Gasteiger partial charge in [0, 0.05) is 31.2 Å². The van der Waals surface area contributed by atoms with Crippen molar-refractivity contribution in [3.8, 4) is 0 Å². The number of benzene rings is 1. The first-order valence-electron chi connectivity index (χ1n) is 8.59. The maximum absolute atomic E-state index is 3.84. The Morgan fingerprint density at radius 3 is 2.29 bits per heavy atom. The molecule has 118 valence electrons. The normalized spacial score (nSPS) is 22.4. The van der Waals surface area contributed by atoms with Gasteiger partial charge >= 0.3 is 0 Å². The lowest BCUT2D eigenvalue weighted by Gasteiger charge is -2.47. The molecule has 1 unspecified atom stereocenters. The summed E-state index contributed by atoms with van der Waals surface area (Å²) in [6, 6.07) is 7.33. The van der Waals surface area contributed by atoms with Gasteiger partial charge in [-0.3, -0.25) is 4.90 Å². The smallest absolute Gasteiger partial charge is 0.0304 e. The number of aryl methyl sites for hydroxylation is 2. The molecule has 0 aromatic heterocycles. The van der Waals surface area contributed by atoms with E-state index in [1.165, 1.54) is 42.5 Å². The molecule has 1 heterocycles. The predicted molar refractivity (Wildman–Crippen MR) is 91.7 cm³/mol. The van der Waals surface area contributed by atoms with E-state index in [9.17, 15) is 0 Å². The van der Waals surface area contributed by atoms with E-state index in [0.29, 0.717) is 11.6 Å². The Bertz CT molecular complexity index is 442. The highest BCUT2D eigenvalue weighted by Gasteiger charge is 2.36. The molecule has 2 heteroatoms. The van der Waals surface area contributed by atoms with E-state index >= 15 is 0 Å². The minimum Gasteiger partial charge on any atom is -0.308 e. The molecule has 1 atom stereocenters. The molecular weight excluding hydrogens is 256 g/mol. The summed E-state index contributed by atoms with van der Waals surface area (Å²) in [6.07, 6.45) is 3.65. The molecule has 1 aromatic rings. The van der Waals surface area contributed by atoms with Gasteiger partial charge in [-0.2, -0.15) is 0 Å². The van der Waals surface area contributed by atoms with E-state index in [2.05, 4.69) is 63.0 Å². The molecule has 0 radical (unpaired) electrons. The summed E-state index contributed by atoms with van der Waals surface area (Å²) in [4.78, 5) is 2.72. The Morgan fingerprint density at radius 1 is 1.14 bits per heavy atom. The van der Waals surface area contributed by atoms with Crippen LogP contribution in [0, 0.1) is 13.8 Å². The van der Waals surface area contributed by atoms with E-state index < -0.39 is 0 Å². The Hall–Kier alpha value is -0.860. The number of hydrogen-bond acceptors (Lipinski definition) is 2. The number of nitrogens with one attached hydrogen (secondary N) is 1. The number of rotatable bonds is 5. The number of hydrogen-bond donors (Lipinski definition) is 1. The van der Waals surface area contributed by atoms with E-state index in [1.54, 1.807) is 0 Å². The zero-order chi connectivity index (χ0) is 15.5. The van der Waals surface area contributed by atoms with Crippen molar-refractivity contribution in [3.63, 3.8) is 0 Å². The Morgan fingerprint density at radius 2 is 1.76 bits per heavy atom. The van der Waals surface area contributed by atoms with Crippen LogP contribution >= 0.6 is 0 Å². The molecule has 21 heavy (non-hydrogen) atoms. The summed E-state index contributed by atoms with van der Waals surface area (Å²) < 4.78 is 0. The van der Waals surface area contributed by atoms with Gasteiger partial charge in [-0.1, -0.05) is 39.0 Å². The third kappa shape index (κ3) is 3.49. The van der Waals surface area contributed by atoms with Crippen molar-refractivity contribution < 1.29 is 0 Å².